The second kappa shape index (κ2) is 6.14. The van der Waals surface area contributed by atoms with Crippen LogP contribution in [0.25, 0.3) is 0 Å². The Kier molecular flexibility index (Phi) is 4.53. The zero-order valence-corrected chi connectivity index (χ0v) is 11.4. The maximum Gasteiger partial charge on any atom is 0.255 e. The van der Waals surface area contributed by atoms with Crippen molar-refractivity contribution in [2.24, 2.45) is 0 Å². The Bertz CT molecular complexity index is 428. The number of carbonyl (C=O) groups is 1. The Morgan fingerprint density at radius 2 is 2.33 bits per heavy atom. The Labute approximate surface area is 112 Å². The van der Waals surface area contributed by atoms with Crippen molar-refractivity contribution in [3.05, 3.63) is 29.3 Å². The van der Waals surface area contributed by atoms with Crippen molar-refractivity contribution in [1.82, 2.24) is 5.32 Å². The van der Waals surface area contributed by atoms with E-state index in [1.54, 1.807) is 12.1 Å². The van der Waals surface area contributed by atoms with Crippen molar-refractivity contribution in [2.45, 2.75) is 31.4 Å². The van der Waals surface area contributed by atoms with Crippen LogP contribution in [-0.4, -0.2) is 28.6 Å². The monoisotopic (exact) mass is 265 g/mol. The summed E-state index contributed by atoms with van der Waals surface area (Å²) in [5, 5.41) is 13.2. The van der Waals surface area contributed by atoms with E-state index in [1.165, 1.54) is 25.0 Å². The Balaban J connectivity index is 1.90. The molecule has 3 nitrogen and oxygen atoms in total. The number of aryl methyl sites for hydroxylation is 1. The summed E-state index contributed by atoms with van der Waals surface area (Å²) in [6, 6.07) is 5.13. The third-order valence-electron chi connectivity index (χ3n) is 3.16. The molecule has 0 saturated carbocycles. The summed E-state index contributed by atoms with van der Waals surface area (Å²) in [5.41, 5.74) is 1.31. The minimum atomic E-state index is -0.182. The van der Waals surface area contributed by atoms with Gasteiger partial charge in [-0.25, -0.2) is 0 Å². The maximum atomic E-state index is 11.9. The van der Waals surface area contributed by atoms with Crippen molar-refractivity contribution in [3.8, 4) is 5.75 Å². The van der Waals surface area contributed by atoms with Crippen LogP contribution in [0, 0.1) is 6.92 Å². The number of nitrogens with one attached hydrogen (secondary N) is 1. The standard InChI is InChI=1S/C14H19NO2S/c1-10-5-6-12(13(16)8-10)14(17)15-9-11-4-2-3-7-18-11/h5-6,8,11,16H,2-4,7,9H2,1H3,(H,15,17). The zero-order chi connectivity index (χ0) is 13.0. The largest absolute Gasteiger partial charge is 0.507 e. The van der Waals surface area contributed by atoms with Gasteiger partial charge in [0.15, 0.2) is 0 Å². The smallest absolute Gasteiger partial charge is 0.255 e. The summed E-state index contributed by atoms with van der Waals surface area (Å²) in [4.78, 5) is 11.9. The Hall–Kier alpha value is -1.16. The van der Waals surface area contributed by atoms with Crippen LogP contribution in [0.5, 0.6) is 5.75 Å². The average molecular weight is 265 g/mol. The molecule has 1 aliphatic rings. The minimum absolute atomic E-state index is 0.0591. The topological polar surface area (TPSA) is 49.3 Å². The first-order chi connectivity index (χ1) is 8.66. The predicted molar refractivity (Wildman–Crippen MR) is 75.3 cm³/mol. The summed E-state index contributed by atoms with van der Waals surface area (Å²) in [6.07, 6.45) is 3.71. The SMILES string of the molecule is Cc1ccc(C(=O)NCC2CCCCS2)c(O)c1. The Morgan fingerprint density at radius 1 is 1.50 bits per heavy atom. The van der Waals surface area contributed by atoms with Gasteiger partial charge in [-0.1, -0.05) is 12.5 Å². The highest BCUT2D eigenvalue weighted by Gasteiger charge is 2.16. The molecule has 1 heterocycles. The molecule has 2 rings (SSSR count). The van der Waals surface area contributed by atoms with Crippen molar-refractivity contribution < 1.29 is 9.90 Å². The lowest BCUT2D eigenvalue weighted by molar-refractivity contribution is 0.0950. The van der Waals surface area contributed by atoms with Gasteiger partial charge in [0.25, 0.3) is 5.91 Å². The van der Waals surface area contributed by atoms with Crippen LogP contribution >= 0.6 is 11.8 Å². The van der Waals surface area contributed by atoms with Gasteiger partial charge in [-0.2, -0.15) is 11.8 Å². The van der Waals surface area contributed by atoms with E-state index in [1.807, 2.05) is 24.8 Å². The summed E-state index contributed by atoms with van der Waals surface area (Å²) >= 11 is 1.93. The van der Waals surface area contributed by atoms with Crippen LogP contribution in [-0.2, 0) is 0 Å². The van der Waals surface area contributed by atoms with Gasteiger partial charge in [-0.15, -0.1) is 0 Å². The first kappa shape index (κ1) is 13.3. The van der Waals surface area contributed by atoms with Crippen LogP contribution in [0.3, 0.4) is 0 Å². The number of amides is 1. The first-order valence-electron chi connectivity index (χ1n) is 6.36. The van der Waals surface area contributed by atoms with E-state index in [9.17, 15) is 9.90 Å². The van der Waals surface area contributed by atoms with Gasteiger partial charge < -0.3 is 10.4 Å². The predicted octanol–water partition coefficient (Wildman–Crippen LogP) is 2.72. The fraction of sp³-hybridized carbons (Fsp3) is 0.500. The molecule has 0 bridgehead atoms. The normalized spacial score (nSPS) is 19.5. The van der Waals surface area contributed by atoms with Crippen molar-refractivity contribution >= 4 is 17.7 Å². The molecule has 1 unspecified atom stereocenters. The quantitative estimate of drug-likeness (QED) is 0.883. The molecule has 0 aromatic heterocycles. The summed E-state index contributed by atoms with van der Waals surface area (Å²) in [5.74, 6) is 1.07. The van der Waals surface area contributed by atoms with Gasteiger partial charge in [0, 0.05) is 11.8 Å². The highest BCUT2D eigenvalue weighted by atomic mass is 32.2. The molecule has 0 aliphatic carbocycles. The Morgan fingerprint density at radius 3 is 3.00 bits per heavy atom. The van der Waals surface area contributed by atoms with E-state index in [0.717, 1.165) is 5.56 Å². The first-order valence-corrected chi connectivity index (χ1v) is 7.41. The second-order valence-electron chi connectivity index (χ2n) is 4.72. The maximum absolute atomic E-state index is 11.9. The van der Waals surface area contributed by atoms with Gasteiger partial charge in [0.1, 0.15) is 5.75 Å². The fourth-order valence-electron chi connectivity index (χ4n) is 2.10. The molecule has 1 aromatic carbocycles. The molecule has 1 aromatic rings. The third-order valence-corrected chi connectivity index (χ3v) is 4.56. The van der Waals surface area contributed by atoms with Crippen LogP contribution in [0.15, 0.2) is 18.2 Å². The highest BCUT2D eigenvalue weighted by Crippen LogP contribution is 2.24. The fourth-order valence-corrected chi connectivity index (χ4v) is 3.34. The van der Waals surface area contributed by atoms with Crippen molar-refractivity contribution in [1.29, 1.82) is 0 Å². The molecule has 18 heavy (non-hydrogen) atoms. The van der Waals surface area contributed by atoms with Crippen LogP contribution in [0.1, 0.15) is 35.2 Å². The number of rotatable bonds is 3. The van der Waals surface area contributed by atoms with E-state index in [4.69, 9.17) is 0 Å². The molecule has 1 fully saturated rings. The molecule has 1 saturated heterocycles. The van der Waals surface area contributed by atoms with Gasteiger partial charge in [-0.3, -0.25) is 4.79 Å². The third kappa shape index (κ3) is 3.42. The molecule has 98 valence electrons. The highest BCUT2D eigenvalue weighted by molar-refractivity contribution is 7.99. The van der Waals surface area contributed by atoms with E-state index in [0.29, 0.717) is 17.4 Å². The van der Waals surface area contributed by atoms with Gasteiger partial charge in [0.2, 0.25) is 0 Å². The van der Waals surface area contributed by atoms with E-state index in [-0.39, 0.29) is 11.7 Å². The molecule has 1 atom stereocenters. The van der Waals surface area contributed by atoms with E-state index >= 15 is 0 Å². The molecule has 1 aliphatic heterocycles. The van der Waals surface area contributed by atoms with Crippen molar-refractivity contribution in [3.63, 3.8) is 0 Å². The summed E-state index contributed by atoms with van der Waals surface area (Å²) in [6.45, 7) is 2.58. The van der Waals surface area contributed by atoms with E-state index < -0.39 is 0 Å². The molecular weight excluding hydrogens is 246 g/mol. The molecular formula is C14H19NO2S. The number of hydrogen-bond donors (Lipinski definition) is 2. The molecule has 2 N–H and O–H groups in total. The molecule has 1 amide bonds. The van der Waals surface area contributed by atoms with Crippen LogP contribution in [0.2, 0.25) is 0 Å². The molecule has 0 radical (unpaired) electrons. The minimum Gasteiger partial charge on any atom is -0.507 e. The average Bonchev–Trinajstić information content (AvgIpc) is 2.37. The summed E-state index contributed by atoms with van der Waals surface area (Å²) in [7, 11) is 0. The van der Waals surface area contributed by atoms with Gasteiger partial charge in [0.05, 0.1) is 5.56 Å². The van der Waals surface area contributed by atoms with Gasteiger partial charge >= 0.3 is 0 Å². The second-order valence-corrected chi connectivity index (χ2v) is 6.13. The lowest BCUT2D eigenvalue weighted by atomic mass is 10.1. The number of carbonyl (C=O) groups excluding carboxylic acids is 1. The lowest BCUT2D eigenvalue weighted by Crippen LogP contribution is -2.31. The molecule has 0 spiro atoms. The van der Waals surface area contributed by atoms with Crippen molar-refractivity contribution in [2.75, 3.05) is 12.3 Å². The van der Waals surface area contributed by atoms with Crippen LogP contribution < -0.4 is 5.32 Å². The number of phenolic OH excluding ortho intramolecular Hbond substituents is 1. The van der Waals surface area contributed by atoms with Gasteiger partial charge in [-0.05, 0) is 43.2 Å². The number of thioether (sulfide) groups is 1. The number of benzene rings is 1. The zero-order valence-electron chi connectivity index (χ0n) is 10.6. The number of phenols is 1. The van der Waals surface area contributed by atoms with Crippen LogP contribution in [0.4, 0.5) is 0 Å². The summed E-state index contributed by atoms with van der Waals surface area (Å²) < 4.78 is 0. The molecule has 4 heteroatoms. The number of hydrogen-bond acceptors (Lipinski definition) is 3. The van der Waals surface area contributed by atoms with E-state index in [2.05, 4.69) is 5.32 Å². The lowest BCUT2D eigenvalue weighted by Gasteiger charge is -2.21. The number of aromatic hydroxyl groups is 1.